The van der Waals surface area contributed by atoms with Crippen LogP contribution < -0.4 is 0 Å². The SMILES string of the molecule is CCC(OC)C(C)C1CC1C(O)C(C)/C=C/C=C(\C)CC(CC(CO)OC)OC.CO.COC. The van der Waals surface area contributed by atoms with E-state index in [-0.39, 0.29) is 36.9 Å². The van der Waals surface area contributed by atoms with Crippen molar-refractivity contribution >= 4 is 0 Å². The second-order valence-electron chi connectivity index (χ2n) is 9.10. The van der Waals surface area contributed by atoms with Crippen molar-refractivity contribution in [1.82, 2.24) is 0 Å². The maximum absolute atomic E-state index is 10.7. The van der Waals surface area contributed by atoms with E-state index >= 15 is 0 Å². The fraction of sp³-hybridized carbons (Fsp3) is 0.852. The van der Waals surface area contributed by atoms with Crippen molar-refractivity contribution in [2.24, 2.45) is 23.7 Å². The monoisotopic (exact) mass is 490 g/mol. The fourth-order valence-corrected chi connectivity index (χ4v) is 4.39. The van der Waals surface area contributed by atoms with Crippen molar-refractivity contribution in [2.75, 3.05) is 49.3 Å². The molecule has 1 aliphatic rings. The lowest BCUT2D eigenvalue weighted by Gasteiger charge is -2.23. The smallest absolute Gasteiger partial charge is 0.0826 e. The molecule has 0 spiro atoms. The first-order valence-corrected chi connectivity index (χ1v) is 12.3. The third kappa shape index (κ3) is 13.9. The topological polar surface area (TPSA) is 97.6 Å². The highest BCUT2D eigenvalue weighted by atomic mass is 16.5. The Morgan fingerprint density at radius 2 is 1.53 bits per heavy atom. The van der Waals surface area contributed by atoms with Gasteiger partial charge in [0.1, 0.15) is 0 Å². The van der Waals surface area contributed by atoms with E-state index in [1.54, 1.807) is 35.5 Å². The largest absolute Gasteiger partial charge is 0.400 e. The number of rotatable bonds is 15. The molecular weight excluding hydrogens is 436 g/mol. The maximum atomic E-state index is 10.7. The van der Waals surface area contributed by atoms with E-state index in [1.807, 2.05) is 6.08 Å². The van der Waals surface area contributed by atoms with E-state index in [0.717, 1.165) is 26.4 Å². The lowest BCUT2D eigenvalue weighted by molar-refractivity contribution is -0.00396. The van der Waals surface area contributed by atoms with Gasteiger partial charge in [0, 0.05) is 55.0 Å². The van der Waals surface area contributed by atoms with Crippen LogP contribution in [0.5, 0.6) is 0 Å². The zero-order chi connectivity index (χ0) is 26.7. The van der Waals surface area contributed by atoms with Gasteiger partial charge in [0.05, 0.1) is 31.0 Å². The van der Waals surface area contributed by atoms with Gasteiger partial charge < -0.3 is 34.3 Å². The van der Waals surface area contributed by atoms with Crippen LogP contribution in [0.2, 0.25) is 0 Å². The molecule has 7 heteroatoms. The van der Waals surface area contributed by atoms with Crippen LogP contribution in [0.25, 0.3) is 0 Å². The molecule has 0 aliphatic heterocycles. The molecule has 3 N–H and O–H groups in total. The first-order chi connectivity index (χ1) is 16.2. The van der Waals surface area contributed by atoms with Crippen LogP contribution in [0.15, 0.2) is 23.8 Å². The Hall–Kier alpha value is -0.800. The summed E-state index contributed by atoms with van der Waals surface area (Å²) in [6, 6.07) is 0. The number of hydrogen-bond donors (Lipinski definition) is 3. The summed E-state index contributed by atoms with van der Waals surface area (Å²) in [5.74, 6) is 1.55. The van der Waals surface area contributed by atoms with Gasteiger partial charge in [-0.3, -0.25) is 0 Å². The molecule has 1 rings (SSSR count). The number of hydrogen-bond acceptors (Lipinski definition) is 7. The van der Waals surface area contributed by atoms with Crippen molar-refractivity contribution < 1.29 is 34.3 Å². The molecule has 1 saturated carbocycles. The average Bonchev–Trinajstić information content (AvgIpc) is 3.64. The highest BCUT2D eigenvalue weighted by molar-refractivity contribution is 5.13. The van der Waals surface area contributed by atoms with Crippen LogP contribution in [0.3, 0.4) is 0 Å². The van der Waals surface area contributed by atoms with Gasteiger partial charge in [0.15, 0.2) is 0 Å². The van der Waals surface area contributed by atoms with Crippen LogP contribution in [-0.4, -0.2) is 89.0 Å². The molecule has 1 fully saturated rings. The van der Waals surface area contributed by atoms with Crippen molar-refractivity contribution in [2.45, 2.75) is 77.8 Å². The van der Waals surface area contributed by atoms with E-state index in [9.17, 15) is 10.2 Å². The van der Waals surface area contributed by atoms with E-state index in [0.29, 0.717) is 24.2 Å². The summed E-state index contributed by atoms with van der Waals surface area (Å²) in [6.07, 6.45) is 9.57. The predicted molar refractivity (Wildman–Crippen MR) is 139 cm³/mol. The summed E-state index contributed by atoms with van der Waals surface area (Å²) < 4.78 is 20.6. The fourth-order valence-electron chi connectivity index (χ4n) is 4.39. The molecule has 0 saturated heterocycles. The molecule has 0 aromatic carbocycles. The zero-order valence-corrected chi connectivity index (χ0v) is 23.4. The molecule has 0 heterocycles. The quantitative estimate of drug-likeness (QED) is 0.300. The summed E-state index contributed by atoms with van der Waals surface area (Å²) >= 11 is 0. The van der Waals surface area contributed by atoms with Crippen LogP contribution >= 0.6 is 0 Å². The highest BCUT2D eigenvalue weighted by Gasteiger charge is 2.48. The van der Waals surface area contributed by atoms with Gasteiger partial charge in [-0.25, -0.2) is 0 Å². The second kappa shape index (κ2) is 21.5. The molecule has 7 nitrogen and oxygen atoms in total. The number of methoxy groups -OCH3 is 4. The molecular formula is C27H54O7. The van der Waals surface area contributed by atoms with E-state index < -0.39 is 0 Å². The standard InChI is InChI=1S/C24H44O5.C2H6O.CH4O/c1-8-23(29-7)18(4)21-14-22(21)24(26)17(3)11-9-10-16(2)12-19(27-5)13-20(15-25)28-6;1-3-2;1-2/h9-11,17-26H,8,12-15H2,1-7H3;1-2H3;2H,1H3/b11-9+,16-10+;;. The van der Waals surface area contributed by atoms with Crippen molar-refractivity contribution in [3.8, 4) is 0 Å². The minimum atomic E-state index is -0.305. The molecule has 0 aromatic rings. The van der Waals surface area contributed by atoms with Crippen LogP contribution in [0.1, 0.15) is 53.4 Å². The zero-order valence-electron chi connectivity index (χ0n) is 23.4. The van der Waals surface area contributed by atoms with E-state index in [2.05, 4.69) is 44.6 Å². The minimum Gasteiger partial charge on any atom is -0.400 e. The minimum absolute atomic E-state index is 0.00140. The first kappa shape index (κ1) is 35.4. The summed E-state index contributed by atoms with van der Waals surface area (Å²) in [6.45, 7) is 8.57. The van der Waals surface area contributed by atoms with Crippen molar-refractivity contribution in [3.05, 3.63) is 23.8 Å². The number of ether oxygens (including phenoxy) is 4. The van der Waals surface area contributed by atoms with Gasteiger partial charge in [-0.2, -0.15) is 0 Å². The first-order valence-electron chi connectivity index (χ1n) is 12.3. The molecule has 204 valence electrons. The third-order valence-electron chi connectivity index (χ3n) is 6.58. The number of aliphatic hydroxyl groups excluding tert-OH is 3. The number of allylic oxidation sites excluding steroid dienone is 2. The van der Waals surface area contributed by atoms with E-state index in [4.69, 9.17) is 19.3 Å². The van der Waals surface area contributed by atoms with Crippen LogP contribution in [0.4, 0.5) is 0 Å². The molecule has 0 bridgehead atoms. The van der Waals surface area contributed by atoms with Gasteiger partial charge in [-0.15, -0.1) is 0 Å². The number of aliphatic hydroxyl groups is 3. The molecule has 0 radical (unpaired) electrons. The molecule has 1 aliphatic carbocycles. The Kier molecular flexibility index (Phi) is 22.3. The van der Waals surface area contributed by atoms with Crippen molar-refractivity contribution in [3.63, 3.8) is 0 Å². The molecule has 8 atom stereocenters. The Morgan fingerprint density at radius 1 is 0.971 bits per heavy atom. The Morgan fingerprint density at radius 3 is 1.97 bits per heavy atom. The van der Waals surface area contributed by atoms with Gasteiger partial charge in [0.25, 0.3) is 0 Å². The predicted octanol–water partition coefficient (Wildman–Crippen LogP) is 3.86. The van der Waals surface area contributed by atoms with Gasteiger partial charge in [-0.05, 0) is 43.9 Å². The average molecular weight is 491 g/mol. The van der Waals surface area contributed by atoms with Gasteiger partial charge in [-0.1, -0.05) is 44.6 Å². The summed E-state index contributed by atoms with van der Waals surface area (Å²) in [5.41, 5.74) is 1.20. The lowest BCUT2D eigenvalue weighted by Crippen LogP contribution is -2.25. The summed E-state index contributed by atoms with van der Waals surface area (Å²) in [5, 5.41) is 27.0. The Balaban J connectivity index is 0. The molecule has 0 amide bonds. The third-order valence-corrected chi connectivity index (χ3v) is 6.58. The maximum Gasteiger partial charge on any atom is 0.0826 e. The van der Waals surface area contributed by atoms with Crippen molar-refractivity contribution in [1.29, 1.82) is 0 Å². The normalized spacial score (nSPS) is 23.0. The Labute approximate surface area is 209 Å². The second-order valence-corrected chi connectivity index (χ2v) is 9.10. The summed E-state index contributed by atoms with van der Waals surface area (Å²) in [4.78, 5) is 0. The van der Waals surface area contributed by atoms with Crippen LogP contribution in [0, 0.1) is 23.7 Å². The molecule has 0 aromatic heterocycles. The van der Waals surface area contributed by atoms with Gasteiger partial charge >= 0.3 is 0 Å². The van der Waals surface area contributed by atoms with Gasteiger partial charge in [0.2, 0.25) is 0 Å². The Bertz CT molecular complexity index is 515. The lowest BCUT2D eigenvalue weighted by atomic mass is 9.91. The molecule has 8 unspecified atom stereocenters. The van der Waals surface area contributed by atoms with E-state index in [1.165, 1.54) is 5.57 Å². The summed E-state index contributed by atoms with van der Waals surface area (Å²) in [7, 11) is 9.33. The van der Waals surface area contributed by atoms with Crippen LogP contribution in [-0.2, 0) is 18.9 Å². The highest BCUT2D eigenvalue weighted by Crippen LogP contribution is 2.49. The molecule has 34 heavy (non-hydrogen) atoms.